The molecule has 1 aliphatic heterocycles. The SMILES string of the molecule is COc1cccc([C@@](C)(O)[C@H]2CCCC3=Cc4c(-c5ccc(F)cc5)ncn4C[C@@]32C)c1. The van der Waals surface area contributed by atoms with Crippen molar-refractivity contribution in [2.75, 3.05) is 7.11 Å². The quantitative estimate of drug-likeness (QED) is 0.566. The van der Waals surface area contributed by atoms with E-state index in [-0.39, 0.29) is 17.2 Å². The molecule has 3 atom stereocenters. The molecule has 1 saturated carbocycles. The lowest BCUT2D eigenvalue weighted by molar-refractivity contribution is -0.0714. The summed E-state index contributed by atoms with van der Waals surface area (Å²) in [6.45, 7) is 4.97. The zero-order valence-corrected chi connectivity index (χ0v) is 18.8. The van der Waals surface area contributed by atoms with Crippen LogP contribution >= 0.6 is 0 Å². The minimum atomic E-state index is -0.999. The van der Waals surface area contributed by atoms with Crippen molar-refractivity contribution in [2.24, 2.45) is 11.3 Å². The predicted octanol–water partition coefficient (Wildman–Crippen LogP) is 5.81. The van der Waals surface area contributed by atoms with Crippen molar-refractivity contribution >= 4 is 6.08 Å². The van der Waals surface area contributed by atoms with Crippen LogP contribution in [0.4, 0.5) is 4.39 Å². The molecule has 1 N–H and O–H groups in total. The van der Waals surface area contributed by atoms with Crippen LogP contribution in [0, 0.1) is 17.2 Å². The number of hydrogen-bond acceptors (Lipinski definition) is 3. The molecule has 0 radical (unpaired) electrons. The summed E-state index contributed by atoms with van der Waals surface area (Å²) in [5, 5.41) is 11.8. The van der Waals surface area contributed by atoms with Gasteiger partial charge in [-0.2, -0.15) is 0 Å². The molecule has 1 aromatic heterocycles. The number of aliphatic hydroxyl groups is 1. The van der Waals surface area contributed by atoms with Crippen LogP contribution < -0.4 is 4.74 Å². The van der Waals surface area contributed by atoms with Crippen LogP contribution in [0.1, 0.15) is 44.4 Å². The van der Waals surface area contributed by atoms with Gasteiger partial charge in [0, 0.05) is 23.4 Å². The van der Waals surface area contributed by atoms with E-state index < -0.39 is 5.60 Å². The summed E-state index contributed by atoms with van der Waals surface area (Å²) < 4.78 is 21.0. The van der Waals surface area contributed by atoms with Gasteiger partial charge < -0.3 is 14.4 Å². The number of imidazole rings is 1. The number of halogens is 1. The summed E-state index contributed by atoms with van der Waals surface area (Å²) in [6, 6.07) is 14.3. The van der Waals surface area contributed by atoms with Gasteiger partial charge in [0.1, 0.15) is 11.6 Å². The van der Waals surface area contributed by atoms with E-state index in [1.807, 2.05) is 37.5 Å². The summed E-state index contributed by atoms with van der Waals surface area (Å²) in [5.74, 6) is 0.554. The Bertz CT molecular complexity index is 1180. The largest absolute Gasteiger partial charge is 0.497 e. The van der Waals surface area contributed by atoms with Crippen molar-refractivity contribution in [3.8, 4) is 17.0 Å². The van der Waals surface area contributed by atoms with Crippen LogP contribution in [0.5, 0.6) is 5.75 Å². The van der Waals surface area contributed by atoms with Gasteiger partial charge in [-0.15, -0.1) is 0 Å². The first-order valence-corrected chi connectivity index (χ1v) is 11.2. The molecule has 0 amide bonds. The Morgan fingerprint density at radius 1 is 1.22 bits per heavy atom. The number of hydrogen-bond donors (Lipinski definition) is 1. The monoisotopic (exact) mass is 432 g/mol. The van der Waals surface area contributed by atoms with E-state index in [0.717, 1.165) is 54.1 Å². The van der Waals surface area contributed by atoms with Crippen LogP contribution in [0.25, 0.3) is 17.3 Å². The van der Waals surface area contributed by atoms with Gasteiger partial charge in [0.2, 0.25) is 0 Å². The number of benzene rings is 2. The van der Waals surface area contributed by atoms with Crippen molar-refractivity contribution < 1.29 is 14.2 Å². The summed E-state index contributed by atoms with van der Waals surface area (Å²) in [5.41, 5.74) is 3.89. The summed E-state index contributed by atoms with van der Waals surface area (Å²) in [6.07, 6.45) is 7.12. The average Bonchev–Trinajstić information content (AvgIpc) is 3.19. The number of nitrogens with zero attached hydrogens (tertiary/aromatic N) is 2. The third-order valence-corrected chi connectivity index (χ3v) is 7.58. The Morgan fingerprint density at radius 2 is 2.00 bits per heavy atom. The van der Waals surface area contributed by atoms with Crippen molar-refractivity contribution in [3.05, 3.63) is 77.5 Å². The molecule has 2 aliphatic rings. The maximum atomic E-state index is 13.4. The molecular formula is C27H29FN2O2. The maximum absolute atomic E-state index is 13.4. The molecule has 4 nitrogen and oxygen atoms in total. The molecule has 2 heterocycles. The van der Waals surface area contributed by atoms with Gasteiger partial charge in [0.05, 0.1) is 30.4 Å². The second kappa shape index (κ2) is 7.59. The highest BCUT2D eigenvalue weighted by atomic mass is 19.1. The fourth-order valence-corrected chi connectivity index (χ4v) is 5.83. The first kappa shape index (κ1) is 21.0. The van der Waals surface area contributed by atoms with Crippen LogP contribution in [0.15, 0.2) is 60.4 Å². The number of methoxy groups -OCH3 is 1. The third-order valence-electron chi connectivity index (χ3n) is 7.58. The second-order valence-electron chi connectivity index (χ2n) is 9.52. The van der Waals surface area contributed by atoms with E-state index in [2.05, 4.69) is 22.6 Å². The van der Waals surface area contributed by atoms with Gasteiger partial charge in [-0.05, 0) is 74.2 Å². The topological polar surface area (TPSA) is 47.3 Å². The van der Waals surface area contributed by atoms with E-state index in [1.54, 1.807) is 19.2 Å². The Labute approximate surface area is 188 Å². The van der Waals surface area contributed by atoms with Crippen molar-refractivity contribution in [1.29, 1.82) is 0 Å². The number of allylic oxidation sites excluding steroid dienone is 1. The number of aromatic nitrogens is 2. The van der Waals surface area contributed by atoms with Gasteiger partial charge in [0.25, 0.3) is 0 Å². The maximum Gasteiger partial charge on any atom is 0.123 e. The van der Waals surface area contributed by atoms with Crippen molar-refractivity contribution in [2.45, 2.75) is 45.3 Å². The van der Waals surface area contributed by atoms with Gasteiger partial charge in [-0.1, -0.05) is 24.6 Å². The zero-order chi connectivity index (χ0) is 22.5. The first-order chi connectivity index (χ1) is 15.3. The van der Waals surface area contributed by atoms with Gasteiger partial charge >= 0.3 is 0 Å². The molecule has 5 heteroatoms. The number of ether oxygens (including phenoxy) is 1. The molecule has 0 saturated heterocycles. The van der Waals surface area contributed by atoms with Crippen molar-refractivity contribution in [1.82, 2.24) is 9.55 Å². The molecule has 1 aliphatic carbocycles. The molecular weight excluding hydrogens is 403 g/mol. The molecule has 32 heavy (non-hydrogen) atoms. The number of fused-ring (bicyclic) bond motifs is 2. The Balaban J connectivity index is 1.54. The molecule has 0 spiro atoms. The van der Waals surface area contributed by atoms with E-state index in [1.165, 1.54) is 17.7 Å². The minimum Gasteiger partial charge on any atom is -0.497 e. The van der Waals surface area contributed by atoms with Crippen LogP contribution in [0.2, 0.25) is 0 Å². The lowest BCUT2D eigenvalue weighted by Gasteiger charge is -2.51. The zero-order valence-electron chi connectivity index (χ0n) is 18.8. The summed E-state index contributed by atoms with van der Waals surface area (Å²) in [7, 11) is 1.65. The van der Waals surface area contributed by atoms with E-state index in [9.17, 15) is 9.50 Å². The molecule has 3 aromatic rings. The van der Waals surface area contributed by atoms with Gasteiger partial charge in [-0.25, -0.2) is 9.37 Å². The van der Waals surface area contributed by atoms with Gasteiger partial charge in [0.15, 0.2) is 0 Å². The third kappa shape index (κ3) is 3.27. The highest BCUT2D eigenvalue weighted by molar-refractivity contribution is 5.72. The van der Waals surface area contributed by atoms with E-state index >= 15 is 0 Å². The second-order valence-corrected chi connectivity index (χ2v) is 9.52. The molecule has 2 aromatic carbocycles. The lowest BCUT2D eigenvalue weighted by atomic mass is 9.57. The first-order valence-electron chi connectivity index (χ1n) is 11.2. The van der Waals surface area contributed by atoms with Crippen LogP contribution in [-0.4, -0.2) is 21.8 Å². The van der Waals surface area contributed by atoms with Crippen LogP contribution in [-0.2, 0) is 12.1 Å². The van der Waals surface area contributed by atoms with Crippen LogP contribution in [0.3, 0.4) is 0 Å². The minimum absolute atomic E-state index is 0.0481. The molecule has 5 rings (SSSR count). The van der Waals surface area contributed by atoms with E-state index in [4.69, 9.17) is 4.74 Å². The lowest BCUT2D eigenvalue weighted by Crippen LogP contribution is -2.48. The normalized spacial score (nSPS) is 24.2. The van der Waals surface area contributed by atoms with E-state index in [0.29, 0.717) is 0 Å². The van der Waals surface area contributed by atoms with Gasteiger partial charge in [-0.3, -0.25) is 0 Å². The highest BCUT2D eigenvalue weighted by Gasteiger charge is 2.51. The number of rotatable bonds is 4. The smallest absolute Gasteiger partial charge is 0.123 e. The molecule has 0 bridgehead atoms. The Morgan fingerprint density at radius 3 is 2.75 bits per heavy atom. The Kier molecular flexibility index (Phi) is 4.97. The molecule has 1 fully saturated rings. The van der Waals surface area contributed by atoms with Crippen molar-refractivity contribution in [3.63, 3.8) is 0 Å². The predicted molar refractivity (Wildman–Crippen MR) is 124 cm³/mol. The summed E-state index contributed by atoms with van der Waals surface area (Å²) >= 11 is 0. The standard InChI is InChI=1S/C27H29FN2O2/c1-26-16-30-17-29-25(18-10-12-21(28)13-11-18)23(30)15-19(26)6-5-9-24(26)27(2,31)20-7-4-8-22(14-20)32-3/h4,7-8,10-15,17,24,31H,5-6,9,16H2,1-3H3/t24-,26-,27+/m0/s1. The highest BCUT2D eigenvalue weighted by Crippen LogP contribution is 2.55. The molecule has 0 unspecified atom stereocenters. The fourth-order valence-electron chi connectivity index (χ4n) is 5.83. The summed E-state index contributed by atoms with van der Waals surface area (Å²) in [4.78, 5) is 4.67. The average molecular weight is 433 g/mol. The Hall–Kier alpha value is -2.92. The molecule has 166 valence electrons. The fraction of sp³-hybridized carbons (Fsp3) is 0.370.